The van der Waals surface area contributed by atoms with Crippen LogP contribution in [0.2, 0.25) is 0 Å². The van der Waals surface area contributed by atoms with Crippen LogP contribution in [0.15, 0.2) is 46.5 Å². The first-order chi connectivity index (χ1) is 8.70. The molecule has 0 saturated carbocycles. The quantitative estimate of drug-likeness (QED) is 0.791. The maximum atomic E-state index is 12.2. The van der Waals surface area contributed by atoms with Crippen LogP contribution in [-0.4, -0.2) is 20.8 Å². The molecule has 0 unspecified atom stereocenters. The zero-order valence-electron chi connectivity index (χ0n) is 9.87. The average Bonchev–Trinajstić information content (AvgIpc) is 2.39. The summed E-state index contributed by atoms with van der Waals surface area (Å²) in [5.41, 5.74) is -0.209. The van der Waals surface area contributed by atoms with E-state index in [2.05, 4.69) is 6.58 Å². The first kappa shape index (κ1) is 12.3. The summed E-state index contributed by atoms with van der Waals surface area (Å²) in [6, 6.07) is 6.92. The lowest BCUT2D eigenvalue weighted by molar-refractivity contribution is 0.270. The normalized spacial score (nSPS) is 10.7. The molecular formula is C13H14N2O3. The van der Waals surface area contributed by atoms with Gasteiger partial charge in [-0.25, -0.2) is 4.79 Å². The van der Waals surface area contributed by atoms with Gasteiger partial charge in [-0.15, -0.1) is 6.58 Å². The fraction of sp³-hybridized carbons (Fsp3) is 0.231. The lowest BCUT2D eigenvalue weighted by Gasteiger charge is -2.11. The number of rotatable bonds is 4. The largest absolute Gasteiger partial charge is 0.395 e. The molecule has 0 radical (unpaired) electrons. The molecule has 0 atom stereocenters. The van der Waals surface area contributed by atoms with Gasteiger partial charge in [-0.2, -0.15) is 0 Å². The summed E-state index contributed by atoms with van der Waals surface area (Å²) in [6.45, 7) is 3.68. The SMILES string of the molecule is C=CCn1c(=O)n(CCO)c(=O)c2ccccc21. The Bertz CT molecular complexity index is 697. The van der Waals surface area contributed by atoms with E-state index in [0.29, 0.717) is 17.4 Å². The van der Waals surface area contributed by atoms with E-state index < -0.39 is 5.69 Å². The van der Waals surface area contributed by atoms with Crippen LogP contribution in [0, 0.1) is 0 Å². The van der Waals surface area contributed by atoms with Gasteiger partial charge in [0.05, 0.1) is 24.1 Å². The molecule has 5 heteroatoms. The molecule has 2 rings (SSSR count). The Morgan fingerprint density at radius 3 is 2.61 bits per heavy atom. The van der Waals surface area contributed by atoms with Crippen molar-refractivity contribution < 1.29 is 5.11 Å². The summed E-state index contributed by atoms with van der Waals surface area (Å²) >= 11 is 0. The fourth-order valence-corrected chi connectivity index (χ4v) is 1.97. The standard InChI is InChI=1S/C13H14N2O3/c1-2-7-14-11-6-4-3-5-10(11)12(17)15(8-9-16)13(14)18/h2-6,16H,1,7-9H2. The predicted molar refractivity (Wildman–Crippen MR) is 69.8 cm³/mol. The highest BCUT2D eigenvalue weighted by atomic mass is 16.3. The molecule has 0 aliphatic heterocycles. The van der Waals surface area contributed by atoms with E-state index in [9.17, 15) is 9.59 Å². The number of nitrogens with zero attached hydrogens (tertiary/aromatic N) is 2. The Kier molecular flexibility index (Phi) is 3.43. The highest BCUT2D eigenvalue weighted by Gasteiger charge is 2.11. The Hall–Kier alpha value is -2.14. The van der Waals surface area contributed by atoms with Crippen LogP contribution in [0.5, 0.6) is 0 Å². The van der Waals surface area contributed by atoms with Gasteiger partial charge in [-0.05, 0) is 12.1 Å². The van der Waals surface area contributed by atoms with E-state index in [-0.39, 0.29) is 18.7 Å². The number of allylic oxidation sites excluding steroid dienone is 1. The number of fused-ring (bicyclic) bond motifs is 1. The smallest absolute Gasteiger partial charge is 0.331 e. The van der Waals surface area contributed by atoms with Gasteiger partial charge in [0.25, 0.3) is 5.56 Å². The Labute approximate surface area is 103 Å². The van der Waals surface area contributed by atoms with Crippen molar-refractivity contribution in [2.75, 3.05) is 6.61 Å². The molecule has 0 bridgehead atoms. The molecule has 0 amide bonds. The van der Waals surface area contributed by atoms with E-state index >= 15 is 0 Å². The third-order valence-corrected chi connectivity index (χ3v) is 2.77. The van der Waals surface area contributed by atoms with Crippen LogP contribution >= 0.6 is 0 Å². The maximum Gasteiger partial charge on any atom is 0.331 e. The third-order valence-electron chi connectivity index (χ3n) is 2.77. The second-order valence-electron chi connectivity index (χ2n) is 3.88. The Balaban J connectivity index is 2.91. The van der Waals surface area contributed by atoms with Crippen molar-refractivity contribution in [3.8, 4) is 0 Å². The molecule has 0 aliphatic rings. The molecule has 1 heterocycles. The van der Waals surface area contributed by atoms with E-state index in [0.717, 1.165) is 4.57 Å². The van der Waals surface area contributed by atoms with E-state index in [4.69, 9.17) is 5.11 Å². The summed E-state index contributed by atoms with van der Waals surface area (Å²) in [4.78, 5) is 24.3. The van der Waals surface area contributed by atoms with Gasteiger partial charge in [0.2, 0.25) is 0 Å². The van der Waals surface area contributed by atoms with E-state index in [1.54, 1.807) is 30.3 Å². The van der Waals surface area contributed by atoms with Crippen LogP contribution in [0.1, 0.15) is 0 Å². The number of aliphatic hydroxyl groups is 1. The molecule has 1 aromatic carbocycles. The highest BCUT2D eigenvalue weighted by molar-refractivity contribution is 5.77. The summed E-state index contributed by atoms with van der Waals surface area (Å²) in [7, 11) is 0. The number of aromatic nitrogens is 2. The molecule has 18 heavy (non-hydrogen) atoms. The van der Waals surface area contributed by atoms with E-state index in [1.165, 1.54) is 4.57 Å². The minimum atomic E-state index is -0.423. The van der Waals surface area contributed by atoms with Crippen molar-refractivity contribution in [1.29, 1.82) is 0 Å². The van der Waals surface area contributed by atoms with Crippen molar-refractivity contribution in [2.24, 2.45) is 0 Å². The van der Waals surface area contributed by atoms with Crippen molar-refractivity contribution in [2.45, 2.75) is 13.1 Å². The summed E-state index contributed by atoms with van der Waals surface area (Å²) in [6.07, 6.45) is 1.60. The van der Waals surface area contributed by atoms with Crippen molar-refractivity contribution in [3.63, 3.8) is 0 Å². The number of hydrogen-bond acceptors (Lipinski definition) is 3. The zero-order valence-corrected chi connectivity index (χ0v) is 9.87. The van der Waals surface area contributed by atoms with Gasteiger partial charge < -0.3 is 5.11 Å². The molecule has 0 fully saturated rings. The van der Waals surface area contributed by atoms with Gasteiger partial charge in [-0.3, -0.25) is 13.9 Å². The molecule has 1 aromatic heterocycles. The van der Waals surface area contributed by atoms with E-state index in [1.807, 2.05) is 0 Å². The Morgan fingerprint density at radius 2 is 1.94 bits per heavy atom. The third kappa shape index (κ3) is 1.89. The predicted octanol–water partition coefficient (Wildman–Crippen LogP) is 0.341. The van der Waals surface area contributed by atoms with Crippen molar-refractivity contribution >= 4 is 10.9 Å². The van der Waals surface area contributed by atoms with Gasteiger partial charge in [0.15, 0.2) is 0 Å². The molecule has 94 valence electrons. The lowest BCUT2D eigenvalue weighted by Crippen LogP contribution is -2.40. The van der Waals surface area contributed by atoms with Crippen molar-refractivity contribution in [3.05, 3.63) is 57.8 Å². The monoisotopic (exact) mass is 246 g/mol. The van der Waals surface area contributed by atoms with Crippen LogP contribution in [0.3, 0.4) is 0 Å². The van der Waals surface area contributed by atoms with Gasteiger partial charge in [0.1, 0.15) is 0 Å². The van der Waals surface area contributed by atoms with Gasteiger partial charge >= 0.3 is 5.69 Å². The first-order valence-electron chi connectivity index (χ1n) is 5.65. The van der Waals surface area contributed by atoms with Crippen LogP contribution < -0.4 is 11.2 Å². The molecule has 5 nitrogen and oxygen atoms in total. The van der Waals surface area contributed by atoms with Gasteiger partial charge in [-0.1, -0.05) is 18.2 Å². The number of aliphatic hydroxyl groups excluding tert-OH is 1. The van der Waals surface area contributed by atoms with Crippen molar-refractivity contribution in [1.82, 2.24) is 9.13 Å². The number of benzene rings is 1. The number of para-hydroxylation sites is 1. The number of hydrogen-bond donors (Lipinski definition) is 1. The lowest BCUT2D eigenvalue weighted by atomic mass is 10.2. The second-order valence-corrected chi connectivity index (χ2v) is 3.88. The second kappa shape index (κ2) is 5.01. The summed E-state index contributed by atoms with van der Waals surface area (Å²) < 4.78 is 2.52. The summed E-state index contributed by atoms with van der Waals surface area (Å²) in [5.74, 6) is 0. The average molecular weight is 246 g/mol. The minimum absolute atomic E-state index is 0.000353. The van der Waals surface area contributed by atoms with Crippen LogP contribution in [0.25, 0.3) is 10.9 Å². The van der Waals surface area contributed by atoms with Crippen LogP contribution in [-0.2, 0) is 13.1 Å². The topological polar surface area (TPSA) is 64.2 Å². The Morgan fingerprint density at radius 1 is 1.22 bits per heavy atom. The highest BCUT2D eigenvalue weighted by Crippen LogP contribution is 2.07. The van der Waals surface area contributed by atoms with Crippen LogP contribution in [0.4, 0.5) is 0 Å². The minimum Gasteiger partial charge on any atom is -0.395 e. The molecule has 1 N–H and O–H groups in total. The van der Waals surface area contributed by atoms with Gasteiger partial charge in [0, 0.05) is 6.54 Å². The zero-order chi connectivity index (χ0) is 13.1. The molecule has 0 aliphatic carbocycles. The fourth-order valence-electron chi connectivity index (χ4n) is 1.97. The molecule has 2 aromatic rings. The molecule has 0 saturated heterocycles. The maximum absolute atomic E-state index is 12.2. The first-order valence-corrected chi connectivity index (χ1v) is 5.65. The molecular weight excluding hydrogens is 232 g/mol. The molecule has 0 spiro atoms. The summed E-state index contributed by atoms with van der Waals surface area (Å²) in [5, 5.41) is 9.40.